The van der Waals surface area contributed by atoms with Crippen LogP contribution in [0.1, 0.15) is 5.69 Å². The molecule has 2 rings (SSSR count). The average molecular weight is 153 g/mol. The van der Waals surface area contributed by atoms with Crippen molar-refractivity contribution in [2.24, 2.45) is 0 Å². The zero-order chi connectivity index (χ0) is 7.84. The Morgan fingerprint density at radius 2 is 2.36 bits per heavy atom. The number of aromatic nitrogens is 2. The zero-order valence-electron chi connectivity index (χ0n) is 6.50. The number of fused-ring (bicyclic) bond motifs is 1. The Hall–Kier alpha value is -1.03. The summed E-state index contributed by atoms with van der Waals surface area (Å²) in [6.07, 6.45) is 1.79. The van der Waals surface area contributed by atoms with E-state index in [1.165, 1.54) is 0 Å². The molecule has 0 amide bonds. The zero-order valence-corrected chi connectivity index (χ0v) is 6.50. The van der Waals surface area contributed by atoms with Crippen LogP contribution in [0.5, 0.6) is 0 Å². The third-order valence-electron chi connectivity index (χ3n) is 2.09. The minimum Gasteiger partial charge on any atom is -0.312 e. The van der Waals surface area contributed by atoms with Crippen molar-refractivity contribution in [2.45, 2.75) is 13.1 Å². The third-order valence-corrected chi connectivity index (χ3v) is 2.09. The van der Waals surface area contributed by atoms with Gasteiger partial charge in [-0.3, -0.25) is 9.47 Å². The number of rotatable bonds is 0. The standard InChI is InChI=1S/C7H11N3O/c1-9-2-3-10-6(5-9)4-8-7(10)11/h4H,2-3,5H2,1H3,(H,8,11). The van der Waals surface area contributed by atoms with E-state index >= 15 is 0 Å². The molecule has 0 aromatic carbocycles. The molecule has 0 fully saturated rings. The number of likely N-dealkylation sites (N-methyl/N-ethyl adjacent to an activating group) is 1. The summed E-state index contributed by atoms with van der Waals surface area (Å²) in [5.74, 6) is 0. The molecule has 11 heavy (non-hydrogen) atoms. The van der Waals surface area contributed by atoms with Crippen LogP contribution in [0.2, 0.25) is 0 Å². The maximum absolute atomic E-state index is 11.1. The van der Waals surface area contributed by atoms with E-state index in [1.807, 2.05) is 0 Å². The van der Waals surface area contributed by atoms with Crippen molar-refractivity contribution >= 4 is 0 Å². The molecule has 4 heteroatoms. The van der Waals surface area contributed by atoms with Crippen LogP contribution in [0.3, 0.4) is 0 Å². The number of imidazole rings is 1. The van der Waals surface area contributed by atoms with Gasteiger partial charge in [0.1, 0.15) is 0 Å². The first-order valence-corrected chi connectivity index (χ1v) is 3.73. The van der Waals surface area contributed by atoms with Crippen LogP contribution in [-0.2, 0) is 13.1 Å². The Morgan fingerprint density at radius 1 is 1.55 bits per heavy atom. The fourth-order valence-electron chi connectivity index (χ4n) is 1.43. The van der Waals surface area contributed by atoms with Crippen molar-refractivity contribution in [1.82, 2.24) is 14.5 Å². The van der Waals surface area contributed by atoms with Crippen LogP contribution in [0.15, 0.2) is 11.0 Å². The molecule has 0 bridgehead atoms. The van der Waals surface area contributed by atoms with Crippen molar-refractivity contribution in [3.05, 3.63) is 22.4 Å². The summed E-state index contributed by atoms with van der Waals surface area (Å²) < 4.78 is 1.79. The summed E-state index contributed by atoms with van der Waals surface area (Å²) in [6.45, 7) is 2.65. The summed E-state index contributed by atoms with van der Waals surface area (Å²) in [5, 5.41) is 0. The monoisotopic (exact) mass is 153 g/mol. The lowest BCUT2D eigenvalue weighted by molar-refractivity contribution is 0.267. The highest BCUT2D eigenvalue weighted by molar-refractivity contribution is 5.00. The van der Waals surface area contributed by atoms with Gasteiger partial charge in [-0.2, -0.15) is 0 Å². The molecule has 0 atom stereocenters. The summed E-state index contributed by atoms with van der Waals surface area (Å²) in [7, 11) is 2.06. The van der Waals surface area contributed by atoms with Crippen molar-refractivity contribution < 1.29 is 0 Å². The van der Waals surface area contributed by atoms with Gasteiger partial charge in [-0.25, -0.2) is 4.79 Å². The Balaban J connectivity index is 2.44. The molecule has 0 saturated heterocycles. The number of hydrogen-bond donors (Lipinski definition) is 1. The first-order chi connectivity index (χ1) is 5.27. The molecule has 1 aromatic heterocycles. The van der Waals surface area contributed by atoms with Crippen LogP contribution in [0.25, 0.3) is 0 Å². The van der Waals surface area contributed by atoms with Crippen LogP contribution < -0.4 is 5.69 Å². The third kappa shape index (κ3) is 0.991. The van der Waals surface area contributed by atoms with Gasteiger partial charge in [0.15, 0.2) is 0 Å². The number of H-pyrrole nitrogens is 1. The number of hydrogen-bond acceptors (Lipinski definition) is 2. The van der Waals surface area contributed by atoms with Gasteiger partial charge in [-0.1, -0.05) is 0 Å². The predicted molar refractivity (Wildman–Crippen MR) is 41.4 cm³/mol. The second-order valence-electron chi connectivity index (χ2n) is 2.97. The van der Waals surface area contributed by atoms with Crippen molar-refractivity contribution in [3.63, 3.8) is 0 Å². The van der Waals surface area contributed by atoms with E-state index < -0.39 is 0 Å². The smallest absolute Gasteiger partial charge is 0.312 e. The van der Waals surface area contributed by atoms with E-state index in [4.69, 9.17) is 0 Å². The average Bonchev–Trinajstić information content (AvgIpc) is 2.32. The fourth-order valence-corrected chi connectivity index (χ4v) is 1.43. The molecule has 0 saturated carbocycles. The lowest BCUT2D eigenvalue weighted by atomic mass is 10.3. The van der Waals surface area contributed by atoms with Crippen LogP contribution in [0, 0.1) is 0 Å². The Kier molecular flexibility index (Phi) is 1.35. The quantitative estimate of drug-likeness (QED) is 0.552. The largest absolute Gasteiger partial charge is 0.325 e. The normalized spacial score (nSPS) is 18.3. The van der Waals surface area contributed by atoms with Crippen LogP contribution in [-0.4, -0.2) is 28.0 Å². The SMILES string of the molecule is CN1CCn2c(c[nH]c2=O)C1. The van der Waals surface area contributed by atoms with Crippen LogP contribution in [0.4, 0.5) is 0 Å². The molecule has 0 aliphatic carbocycles. The van der Waals surface area contributed by atoms with E-state index in [0.717, 1.165) is 25.3 Å². The molecule has 60 valence electrons. The van der Waals surface area contributed by atoms with E-state index in [9.17, 15) is 4.79 Å². The number of nitrogens with zero attached hydrogens (tertiary/aromatic N) is 2. The molecule has 4 nitrogen and oxygen atoms in total. The highest BCUT2D eigenvalue weighted by Crippen LogP contribution is 2.05. The lowest BCUT2D eigenvalue weighted by Crippen LogP contribution is -2.34. The van der Waals surface area contributed by atoms with Crippen molar-refractivity contribution in [2.75, 3.05) is 13.6 Å². The highest BCUT2D eigenvalue weighted by Gasteiger charge is 2.13. The molecule has 1 N–H and O–H groups in total. The second-order valence-corrected chi connectivity index (χ2v) is 2.97. The molecular formula is C7H11N3O. The van der Waals surface area contributed by atoms with Gasteiger partial charge in [0, 0.05) is 25.8 Å². The Morgan fingerprint density at radius 3 is 3.18 bits per heavy atom. The van der Waals surface area contributed by atoms with E-state index in [2.05, 4.69) is 16.9 Å². The molecule has 1 aliphatic rings. The highest BCUT2D eigenvalue weighted by atomic mass is 16.1. The summed E-state index contributed by atoms with van der Waals surface area (Å²) in [6, 6.07) is 0. The van der Waals surface area contributed by atoms with E-state index in [1.54, 1.807) is 10.8 Å². The van der Waals surface area contributed by atoms with E-state index in [0.29, 0.717) is 0 Å². The molecule has 1 aliphatic heterocycles. The van der Waals surface area contributed by atoms with Gasteiger partial charge in [0.05, 0.1) is 5.69 Å². The molecule has 1 aromatic rings. The van der Waals surface area contributed by atoms with Crippen LogP contribution >= 0.6 is 0 Å². The first-order valence-electron chi connectivity index (χ1n) is 3.73. The van der Waals surface area contributed by atoms with Gasteiger partial charge in [0.25, 0.3) is 0 Å². The minimum atomic E-state index is 0.0214. The maximum atomic E-state index is 11.1. The van der Waals surface area contributed by atoms with Gasteiger partial charge >= 0.3 is 5.69 Å². The molecule has 2 heterocycles. The molecular weight excluding hydrogens is 142 g/mol. The fraction of sp³-hybridized carbons (Fsp3) is 0.571. The second kappa shape index (κ2) is 2.23. The van der Waals surface area contributed by atoms with E-state index in [-0.39, 0.29) is 5.69 Å². The Bertz CT molecular complexity index is 312. The van der Waals surface area contributed by atoms with Gasteiger partial charge in [-0.05, 0) is 7.05 Å². The lowest BCUT2D eigenvalue weighted by Gasteiger charge is -2.22. The molecule has 0 spiro atoms. The summed E-state index contributed by atoms with van der Waals surface area (Å²) in [5.41, 5.74) is 1.11. The van der Waals surface area contributed by atoms with Gasteiger partial charge in [-0.15, -0.1) is 0 Å². The topological polar surface area (TPSA) is 41.0 Å². The first kappa shape index (κ1) is 6.67. The summed E-state index contributed by atoms with van der Waals surface area (Å²) >= 11 is 0. The Labute approximate surface area is 64.4 Å². The minimum absolute atomic E-state index is 0.0214. The maximum Gasteiger partial charge on any atom is 0.325 e. The van der Waals surface area contributed by atoms with Crippen molar-refractivity contribution in [3.8, 4) is 0 Å². The van der Waals surface area contributed by atoms with Crippen molar-refractivity contribution in [1.29, 1.82) is 0 Å². The predicted octanol–water partition coefficient (Wildman–Crippen LogP) is -0.378. The molecule has 0 radical (unpaired) electrons. The van der Waals surface area contributed by atoms with Gasteiger partial charge < -0.3 is 4.98 Å². The number of nitrogens with one attached hydrogen (secondary N) is 1. The molecule has 0 unspecified atom stereocenters. The summed E-state index contributed by atoms with van der Waals surface area (Å²) in [4.78, 5) is 15.9. The number of aromatic amines is 1. The van der Waals surface area contributed by atoms with Gasteiger partial charge in [0.2, 0.25) is 0 Å².